The molecule has 3 heterocycles. The molecule has 1 aromatic heterocycles. The monoisotopic (exact) mass is 398 g/mol. The summed E-state index contributed by atoms with van der Waals surface area (Å²) in [5, 5.41) is 0. The molecule has 4 rings (SSSR count). The third-order valence-corrected chi connectivity index (χ3v) is 5.93. The van der Waals surface area contributed by atoms with Crippen LogP contribution in [0.25, 0.3) is 0 Å². The molecule has 3 atom stereocenters. The lowest BCUT2D eigenvalue weighted by atomic mass is 9.72. The van der Waals surface area contributed by atoms with Crippen LogP contribution >= 0.6 is 0 Å². The molecule has 7 heteroatoms. The van der Waals surface area contributed by atoms with Gasteiger partial charge in [0.05, 0.1) is 18.7 Å². The molecule has 0 fully saturated rings. The predicted octanol–water partition coefficient (Wildman–Crippen LogP) is 3.34. The Bertz CT molecular complexity index is 910. The Balaban J connectivity index is 1.64. The molecule has 2 aliphatic rings. The van der Waals surface area contributed by atoms with Crippen LogP contribution in [-0.4, -0.2) is 48.8 Å². The fourth-order valence-electron chi connectivity index (χ4n) is 4.47. The van der Waals surface area contributed by atoms with Crippen molar-refractivity contribution < 1.29 is 23.4 Å². The average molecular weight is 398 g/mol. The molecule has 0 saturated heterocycles. The van der Waals surface area contributed by atoms with E-state index in [0.717, 1.165) is 30.8 Å². The smallest absolute Gasteiger partial charge is 0.376 e. The summed E-state index contributed by atoms with van der Waals surface area (Å²) in [6.07, 6.45) is 5.35. The summed E-state index contributed by atoms with van der Waals surface area (Å²) in [6.45, 7) is 7.78. The first kappa shape index (κ1) is 19.5. The summed E-state index contributed by atoms with van der Waals surface area (Å²) in [7, 11) is 3.77. The summed E-state index contributed by atoms with van der Waals surface area (Å²) in [5.41, 5.74) is 2.00. The van der Waals surface area contributed by atoms with Crippen molar-refractivity contribution in [1.29, 1.82) is 0 Å². The van der Waals surface area contributed by atoms with Crippen LogP contribution in [0.4, 0.5) is 0 Å². The Morgan fingerprint density at radius 3 is 3.03 bits per heavy atom. The molecule has 0 spiro atoms. The molecule has 1 aromatic carbocycles. The fraction of sp³-hybridized carbons (Fsp3) is 0.455. The van der Waals surface area contributed by atoms with E-state index < -0.39 is 5.97 Å². The van der Waals surface area contributed by atoms with Crippen molar-refractivity contribution in [3.05, 3.63) is 54.3 Å². The Morgan fingerprint density at radius 2 is 2.34 bits per heavy atom. The van der Waals surface area contributed by atoms with Crippen LogP contribution in [0.5, 0.6) is 11.5 Å². The molecule has 0 N–H and O–H groups in total. The fourth-order valence-corrected chi connectivity index (χ4v) is 4.47. The van der Waals surface area contributed by atoms with Gasteiger partial charge in [0.25, 0.3) is 0 Å². The number of nitrogens with zero attached hydrogens (tertiary/aromatic N) is 2. The minimum atomic E-state index is -0.531. The summed E-state index contributed by atoms with van der Waals surface area (Å²) >= 11 is 0. The molecule has 7 nitrogen and oxygen atoms in total. The zero-order valence-electron chi connectivity index (χ0n) is 17.0. The number of rotatable bonds is 6. The van der Waals surface area contributed by atoms with E-state index in [1.54, 1.807) is 7.11 Å². The van der Waals surface area contributed by atoms with Crippen LogP contribution in [0, 0.1) is 0 Å². The van der Waals surface area contributed by atoms with Crippen LogP contribution in [0.15, 0.2) is 41.8 Å². The molecule has 0 aliphatic carbocycles. The van der Waals surface area contributed by atoms with E-state index in [9.17, 15) is 4.79 Å². The van der Waals surface area contributed by atoms with Crippen LogP contribution in [-0.2, 0) is 16.7 Å². The molecule has 0 radical (unpaired) electrons. The number of benzene rings is 1. The van der Waals surface area contributed by atoms with E-state index in [0.29, 0.717) is 12.2 Å². The maximum atomic E-state index is 12.2. The van der Waals surface area contributed by atoms with Gasteiger partial charge in [-0.15, -0.1) is 6.58 Å². The lowest BCUT2D eigenvalue weighted by molar-refractivity contribution is 0.0156. The minimum absolute atomic E-state index is 0.0888. The summed E-state index contributed by atoms with van der Waals surface area (Å²) < 4.78 is 22.6. The predicted molar refractivity (Wildman–Crippen MR) is 106 cm³/mol. The van der Waals surface area contributed by atoms with Crippen LogP contribution in [0.1, 0.15) is 41.4 Å². The number of carbonyl (C=O) groups excluding carboxylic acids is 1. The standard InChI is InChI=1S/C22H26N2O5/c1-5-22-8-9-24(3)12-15-6-7-16(26-4)20(19(15)22)29-18(22)10-14(2)28-21(25)17-11-23-13-27-17/h5-7,11,13-14,18H,1,8-10,12H2,2-4H3/t14-,18?,22-/m0/s1. The maximum Gasteiger partial charge on any atom is 0.376 e. The molecule has 1 unspecified atom stereocenters. The number of hydrogen-bond acceptors (Lipinski definition) is 7. The van der Waals surface area contributed by atoms with Gasteiger partial charge < -0.3 is 23.5 Å². The van der Waals surface area contributed by atoms with Gasteiger partial charge in [-0.3, -0.25) is 0 Å². The second-order valence-corrected chi connectivity index (χ2v) is 7.79. The van der Waals surface area contributed by atoms with Crippen LogP contribution < -0.4 is 9.47 Å². The van der Waals surface area contributed by atoms with Gasteiger partial charge >= 0.3 is 5.97 Å². The highest BCUT2D eigenvalue weighted by molar-refractivity contribution is 5.85. The number of carbonyl (C=O) groups is 1. The Morgan fingerprint density at radius 1 is 1.52 bits per heavy atom. The second-order valence-electron chi connectivity index (χ2n) is 7.79. The Labute approximate surface area is 170 Å². The highest BCUT2D eigenvalue weighted by Crippen LogP contribution is 2.54. The normalized spacial score (nSPS) is 24.2. The summed E-state index contributed by atoms with van der Waals surface area (Å²) in [6, 6.07) is 4.06. The highest BCUT2D eigenvalue weighted by atomic mass is 16.6. The molecular formula is C22H26N2O5. The topological polar surface area (TPSA) is 74.0 Å². The number of aromatic nitrogens is 1. The zero-order valence-corrected chi connectivity index (χ0v) is 17.0. The van der Waals surface area contributed by atoms with E-state index in [1.807, 2.05) is 19.1 Å². The maximum absolute atomic E-state index is 12.2. The van der Waals surface area contributed by atoms with Gasteiger partial charge in [0.2, 0.25) is 5.76 Å². The number of hydrogen-bond donors (Lipinski definition) is 0. The lowest BCUT2D eigenvalue weighted by Gasteiger charge is -2.32. The van der Waals surface area contributed by atoms with E-state index >= 15 is 0 Å². The number of methoxy groups -OCH3 is 1. The van der Waals surface area contributed by atoms with E-state index in [4.69, 9.17) is 18.6 Å². The van der Waals surface area contributed by atoms with Gasteiger partial charge in [-0.05, 0) is 38.6 Å². The minimum Gasteiger partial charge on any atom is -0.493 e. The molecule has 0 amide bonds. The Kier molecular flexibility index (Phi) is 5.08. The largest absolute Gasteiger partial charge is 0.493 e. The van der Waals surface area contributed by atoms with Crippen molar-refractivity contribution in [2.75, 3.05) is 20.7 Å². The first-order valence-electron chi connectivity index (χ1n) is 9.77. The first-order chi connectivity index (χ1) is 14.0. The quantitative estimate of drug-likeness (QED) is 0.546. The van der Waals surface area contributed by atoms with Crippen molar-refractivity contribution in [2.24, 2.45) is 0 Å². The molecule has 0 bridgehead atoms. The number of oxazole rings is 1. The number of ether oxygens (including phenoxy) is 3. The van der Waals surface area contributed by atoms with Crippen LogP contribution in [0.2, 0.25) is 0 Å². The molecule has 2 aliphatic heterocycles. The van der Waals surface area contributed by atoms with Gasteiger partial charge in [0.15, 0.2) is 17.9 Å². The van der Waals surface area contributed by atoms with Crippen LogP contribution in [0.3, 0.4) is 0 Å². The van der Waals surface area contributed by atoms with Gasteiger partial charge in [-0.25, -0.2) is 9.78 Å². The number of esters is 1. The van der Waals surface area contributed by atoms with Crippen molar-refractivity contribution >= 4 is 5.97 Å². The summed E-state index contributed by atoms with van der Waals surface area (Å²) in [5.74, 6) is 1.05. The van der Waals surface area contributed by atoms with E-state index in [-0.39, 0.29) is 23.4 Å². The molecule has 154 valence electrons. The SMILES string of the molecule is C=C[C@@]12CCN(C)Cc3ccc(OC)c(c31)OC2C[C@H](C)OC(=O)c1cnco1. The Hall–Kier alpha value is -2.80. The van der Waals surface area contributed by atoms with Gasteiger partial charge in [-0.2, -0.15) is 0 Å². The third-order valence-electron chi connectivity index (χ3n) is 5.93. The van der Waals surface area contributed by atoms with Gasteiger partial charge in [0.1, 0.15) is 12.2 Å². The molecular weight excluding hydrogens is 372 g/mol. The van der Waals surface area contributed by atoms with Crippen molar-refractivity contribution in [3.8, 4) is 11.5 Å². The first-order valence-corrected chi connectivity index (χ1v) is 9.77. The lowest BCUT2D eigenvalue weighted by Crippen LogP contribution is -2.40. The zero-order chi connectivity index (χ0) is 20.6. The van der Waals surface area contributed by atoms with Crippen molar-refractivity contribution in [3.63, 3.8) is 0 Å². The molecule has 0 saturated carbocycles. The molecule has 29 heavy (non-hydrogen) atoms. The summed E-state index contributed by atoms with van der Waals surface area (Å²) in [4.78, 5) is 18.3. The van der Waals surface area contributed by atoms with Crippen molar-refractivity contribution in [1.82, 2.24) is 9.88 Å². The van der Waals surface area contributed by atoms with Gasteiger partial charge in [0, 0.05) is 18.5 Å². The third kappa shape index (κ3) is 3.29. The highest BCUT2D eigenvalue weighted by Gasteiger charge is 2.51. The molecule has 2 aromatic rings. The van der Waals surface area contributed by atoms with E-state index in [1.165, 1.54) is 18.2 Å². The second kappa shape index (κ2) is 7.55. The van der Waals surface area contributed by atoms with Crippen molar-refractivity contribution in [2.45, 2.75) is 43.9 Å². The van der Waals surface area contributed by atoms with Gasteiger partial charge in [-0.1, -0.05) is 12.1 Å². The average Bonchev–Trinajstić information content (AvgIpc) is 3.30. The van der Waals surface area contributed by atoms with E-state index in [2.05, 4.69) is 29.6 Å².